The topological polar surface area (TPSA) is 24.7 Å². The summed E-state index contributed by atoms with van der Waals surface area (Å²) in [6.45, 7) is 2.11. The summed E-state index contributed by atoms with van der Waals surface area (Å²) in [6, 6.07) is 18.9. The summed E-state index contributed by atoms with van der Waals surface area (Å²) in [4.78, 5) is 9.82. The van der Waals surface area contributed by atoms with Gasteiger partial charge in [0.2, 0.25) is 0 Å². The fourth-order valence-electron chi connectivity index (χ4n) is 3.33. The van der Waals surface area contributed by atoms with E-state index in [1.165, 1.54) is 16.8 Å². The Morgan fingerprint density at radius 3 is 2.55 bits per heavy atom. The third-order valence-corrected chi connectivity index (χ3v) is 4.39. The number of hydrogen-bond acceptors (Lipinski definition) is 2. The fraction of sp³-hybridized carbons (Fsp3) is 0.222. The second kappa shape index (κ2) is 4.14. The van der Waals surface area contributed by atoms with Crippen molar-refractivity contribution >= 4 is 17.1 Å². The van der Waals surface area contributed by atoms with Crippen LogP contribution in [-0.4, -0.2) is 11.4 Å². The van der Waals surface area contributed by atoms with Gasteiger partial charge in [0.05, 0.1) is 5.69 Å². The molecule has 0 saturated heterocycles. The Balaban J connectivity index is 1.85. The predicted octanol–water partition coefficient (Wildman–Crippen LogP) is 4.27. The van der Waals surface area contributed by atoms with E-state index < -0.39 is 0 Å². The van der Waals surface area contributed by atoms with Crippen molar-refractivity contribution < 1.29 is 0 Å². The number of para-hydroxylation sites is 1. The molecule has 1 spiro atoms. The van der Waals surface area contributed by atoms with Gasteiger partial charge in [0, 0.05) is 17.0 Å². The van der Waals surface area contributed by atoms with Crippen LogP contribution in [0.5, 0.6) is 0 Å². The quantitative estimate of drug-likeness (QED) is 0.731. The summed E-state index contributed by atoms with van der Waals surface area (Å²) in [5.41, 5.74) is 5.72. The van der Waals surface area contributed by atoms with Crippen molar-refractivity contribution in [2.75, 3.05) is 0 Å². The van der Waals surface area contributed by atoms with Gasteiger partial charge in [-0.2, -0.15) is 0 Å². The van der Waals surface area contributed by atoms with Crippen LogP contribution in [0.2, 0.25) is 0 Å². The van der Waals surface area contributed by atoms with Gasteiger partial charge >= 0.3 is 0 Å². The van der Waals surface area contributed by atoms with Gasteiger partial charge < -0.3 is 0 Å². The highest BCUT2D eigenvalue weighted by Gasteiger charge is 2.44. The van der Waals surface area contributed by atoms with Crippen molar-refractivity contribution in [2.24, 2.45) is 9.98 Å². The van der Waals surface area contributed by atoms with E-state index in [2.05, 4.69) is 49.4 Å². The molecule has 20 heavy (non-hydrogen) atoms. The van der Waals surface area contributed by atoms with Gasteiger partial charge in [-0.05, 0) is 31.4 Å². The summed E-state index contributed by atoms with van der Waals surface area (Å²) in [5.74, 6) is 0. The highest BCUT2D eigenvalue weighted by molar-refractivity contribution is 6.09. The zero-order valence-corrected chi connectivity index (χ0v) is 11.5. The van der Waals surface area contributed by atoms with Crippen LogP contribution in [-0.2, 0) is 5.54 Å². The summed E-state index contributed by atoms with van der Waals surface area (Å²) in [6.07, 6.45) is 2.05. The van der Waals surface area contributed by atoms with Gasteiger partial charge in [-0.15, -0.1) is 0 Å². The van der Waals surface area contributed by atoms with Gasteiger partial charge in [0.25, 0.3) is 0 Å². The number of fused-ring (bicyclic) bond motifs is 2. The summed E-state index contributed by atoms with van der Waals surface area (Å²) in [7, 11) is 0. The van der Waals surface area contributed by atoms with E-state index in [-0.39, 0.29) is 5.54 Å². The maximum Gasteiger partial charge on any atom is 0.126 e. The maximum atomic E-state index is 5.10. The number of aliphatic imine (C=N–C) groups is 2. The molecule has 2 aliphatic rings. The van der Waals surface area contributed by atoms with Crippen molar-refractivity contribution in [2.45, 2.75) is 25.3 Å². The molecule has 0 fully saturated rings. The molecular weight excluding hydrogens is 244 g/mol. The van der Waals surface area contributed by atoms with Crippen LogP contribution in [0.1, 0.15) is 30.9 Å². The molecule has 2 aromatic rings. The first kappa shape index (κ1) is 11.6. The van der Waals surface area contributed by atoms with E-state index in [1.54, 1.807) is 0 Å². The van der Waals surface area contributed by atoms with Gasteiger partial charge in [-0.3, -0.25) is 9.98 Å². The van der Waals surface area contributed by atoms with E-state index >= 15 is 0 Å². The highest BCUT2D eigenvalue weighted by atomic mass is 15.0. The van der Waals surface area contributed by atoms with Crippen LogP contribution in [0.15, 0.2) is 64.6 Å². The second-order valence-corrected chi connectivity index (χ2v) is 5.50. The number of rotatable bonds is 1. The van der Waals surface area contributed by atoms with E-state index in [0.717, 1.165) is 24.2 Å². The van der Waals surface area contributed by atoms with E-state index in [1.807, 2.05) is 12.1 Å². The first-order valence-corrected chi connectivity index (χ1v) is 7.09. The highest BCUT2D eigenvalue weighted by Crippen LogP contribution is 2.47. The fourth-order valence-corrected chi connectivity index (χ4v) is 3.33. The number of hydrogen-bond donors (Lipinski definition) is 0. The molecule has 0 aliphatic carbocycles. The lowest BCUT2D eigenvalue weighted by atomic mass is 9.85. The first-order valence-electron chi connectivity index (χ1n) is 7.09. The Hall–Kier alpha value is -2.22. The van der Waals surface area contributed by atoms with Crippen molar-refractivity contribution in [3.8, 4) is 0 Å². The van der Waals surface area contributed by atoms with Gasteiger partial charge in [0.15, 0.2) is 0 Å². The predicted molar refractivity (Wildman–Crippen MR) is 83.1 cm³/mol. The lowest BCUT2D eigenvalue weighted by Crippen LogP contribution is -2.26. The van der Waals surface area contributed by atoms with Gasteiger partial charge in [-0.1, -0.05) is 48.5 Å². The Kier molecular flexibility index (Phi) is 2.40. The van der Waals surface area contributed by atoms with Crippen molar-refractivity contribution in [1.29, 1.82) is 0 Å². The summed E-state index contributed by atoms with van der Waals surface area (Å²) in [5, 5.41) is 0. The molecule has 2 aromatic carbocycles. The summed E-state index contributed by atoms with van der Waals surface area (Å²) < 4.78 is 0. The lowest BCUT2D eigenvalue weighted by Gasteiger charge is -2.21. The largest absolute Gasteiger partial charge is 0.272 e. The van der Waals surface area contributed by atoms with Crippen molar-refractivity contribution in [3.63, 3.8) is 0 Å². The lowest BCUT2D eigenvalue weighted by molar-refractivity contribution is 0.614. The summed E-state index contributed by atoms with van der Waals surface area (Å²) >= 11 is 0. The van der Waals surface area contributed by atoms with E-state index in [4.69, 9.17) is 9.98 Å². The Morgan fingerprint density at radius 2 is 1.70 bits per heavy atom. The van der Waals surface area contributed by atoms with Crippen LogP contribution >= 0.6 is 0 Å². The van der Waals surface area contributed by atoms with Crippen molar-refractivity contribution in [3.05, 3.63) is 65.7 Å². The Labute approximate surface area is 118 Å². The zero-order chi connectivity index (χ0) is 13.6. The molecule has 1 atom stereocenters. The minimum absolute atomic E-state index is 0.207. The van der Waals surface area contributed by atoms with Crippen LogP contribution < -0.4 is 0 Å². The molecule has 0 amide bonds. The van der Waals surface area contributed by atoms with Gasteiger partial charge in [0.1, 0.15) is 5.54 Å². The minimum atomic E-state index is -0.207. The molecule has 0 saturated carbocycles. The average Bonchev–Trinajstić information content (AvgIpc) is 3.05. The monoisotopic (exact) mass is 260 g/mol. The molecule has 1 unspecified atom stereocenters. The number of nitrogens with zero attached hydrogens (tertiary/aromatic N) is 2. The molecule has 2 heterocycles. The second-order valence-electron chi connectivity index (χ2n) is 5.50. The first-order chi connectivity index (χ1) is 9.79. The molecule has 0 aromatic heterocycles. The molecule has 2 heteroatoms. The van der Waals surface area contributed by atoms with Gasteiger partial charge in [-0.25, -0.2) is 0 Å². The van der Waals surface area contributed by atoms with Crippen LogP contribution in [0.25, 0.3) is 0 Å². The molecule has 0 radical (unpaired) electrons. The van der Waals surface area contributed by atoms with E-state index in [0.29, 0.717) is 0 Å². The average molecular weight is 260 g/mol. The molecule has 0 N–H and O–H groups in total. The smallest absolute Gasteiger partial charge is 0.126 e. The standard InChI is InChI=1S/C18H16N2/c1-13-18(15-9-5-6-10-17(15)19-13)12-11-16(20-18)14-7-3-2-4-8-14/h2-10H,11-12H2,1H3. The van der Waals surface area contributed by atoms with Crippen LogP contribution in [0.3, 0.4) is 0 Å². The normalized spacial score (nSPS) is 23.6. The maximum absolute atomic E-state index is 5.10. The molecule has 2 aliphatic heterocycles. The third kappa shape index (κ3) is 1.51. The van der Waals surface area contributed by atoms with E-state index in [9.17, 15) is 0 Å². The molecule has 0 bridgehead atoms. The number of benzene rings is 2. The molecular formula is C18H16N2. The molecule has 98 valence electrons. The minimum Gasteiger partial charge on any atom is -0.272 e. The van der Waals surface area contributed by atoms with Crippen LogP contribution in [0, 0.1) is 0 Å². The Morgan fingerprint density at radius 1 is 0.950 bits per heavy atom. The Bertz CT molecular complexity index is 728. The molecule has 2 nitrogen and oxygen atoms in total. The SMILES string of the molecule is CC1=Nc2ccccc2C12CCC(c1ccccc1)=N2. The van der Waals surface area contributed by atoms with Crippen molar-refractivity contribution in [1.82, 2.24) is 0 Å². The zero-order valence-electron chi connectivity index (χ0n) is 11.5. The van der Waals surface area contributed by atoms with Crippen LogP contribution in [0.4, 0.5) is 5.69 Å². The molecule has 4 rings (SSSR count). The third-order valence-electron chi connectivity index (χ3n) is 4.39.